The van der Waals surface area contributed by atoms with Crippen molar-refractivity contribution in [2.45, 2.75) is 66.2 Å². The summed E-state index contributed by atoms with van der Waals surface area (Å²) in [5.41, 5.74) is -1.60. The first-order chi connectivity index (χ1) is 14.8. The van der Waals surface area contributed by atoms with Crippen molar-refractivity contribution in [3.8, 4) is 0 Å². The van der Waals surface area contributed by atoms with Gasteiger partial charge >= 0.3 is 11.9 Å². The van der Waals surface area contributed by atoms with Crippen LogP contribution in [0, 0.1) is 10.8 Å². The molecule has 0 bridgehead atoms. The number of allylic oxidation sites excluding steroid dienone is 8. The molecule has 2 aliphatic rings. The molecular weight excluding hydrogens is 448 g/mol. The molecule has 2 heterocycles. The van der Waals surface area contributed by atoms with Crippen LogP contribution in [-0.4, -0.2) is 30.6 Å². The van der Waals surface area contributed by atoms with E-state index in [-0.39, 0.29) is 0 Å². The van der Waals surface area contributed by atoms with Gasteiger partial charge < -0.3 is 10.2 Å². The maximum atomic E-state index is 12.7. The van der Waals surface area contributed by atoms with Crippen molar-refractivity contribution in [2.24, 2.45) is 10.8 Å². The first-order valence-corrected chi connectivity index (χ1v) is 13.0. The Morgan fingerprint density at radius 1 is 0.750 bits per heavy atom. The monoisotopic (exact) mass is 480 g/mol. The molecule has 0 spiro atoms. The first-order valence-electron chi connectivity index (χ1n) is 10.7. The van der Waals surface area contributed by atoms with E-state index < -0.39 is 44.4 Å². The average molecular weight is 481 g/mol. The van der Waals surface area contributed by atoms with Gasteiger partial charge in [-0.2, -0.15) is 0 Å². The van der Waals surface area contributed by atoms with Crippen molar-refractivity contribution in [3.05, 3.63) is 56.1 Å². The number of hydrogen-bond donors (Lipinski definition) is 2. The SMILES string of the molecule is CC(C)(CCCC1=CC=C(/C=C\C2=CC=C(CCCC(C)(C)C(=O)O)S2=O)S1=O)C(=O)O. The normalized spacial score (nSPS) is 21.4. The van der Waals surface area contributed by atoms with E-state index in [1.807, 2.05) is 12.2 Å². The van der Waals surface area contributed by atoms with Crippen molar-refractivity contribution in [3.63, 3.8) is 0 Å². The van der Waals surface area contributed by atoms with E-state index >= 15 is 0 Å². The summed E-state index contributed by atoms with van der Waals surface area (Å²) in [5, 5.41) is 18.4. The van der Waals surface area contributed by atoms with Crippen LogP contribution >= 0.6 is 0 Å². The topological polar surface area (TPSA) is 109 Å². The zero-order valence-corrected chi connectivity index (χ0v) is 20.7. The highest BCUT2D eigenvalue weighted by Gasteiger charge is 2.28. The third-order valence-corrected chi connectivity index (χ3v) is 8.82. The van der Waals surface area contributed by atoms with Gasteiger partial charge in [-0.1, -0.05) is 0 Å². The molecule has 0 aromatic heterocycles. The molecular formula is C24H32O6S2. The molecule has 2 aliphatic heterocycles. The molecule has 6 nitrogen and oxygen atoms in total. The molecule has 2 rings (SSSR count). The predicted octanol–water partition coefficient (Wildman–Crippen LogP) is 5.17. The summed E-state index contributed by atoms with van der Waals surface area (Å²) in [4.78, 5) is 25.2. The van der Waals surface area contributed by atoms with Crippen LogP contribution in [0.1, 0.15) is 66.2 Å². The molecule has 8 heteroatoms. The summed E-state index contributed by atoms with van der Waals surface area (Å²) in [7, 11) is -2.58. The van der Waals surface area contributed by atoms with E-state index in [0.29, 0.717) is 48.3 Å². The molecule has 0 saturated carbocycles. The second-order valence-electron chi connectivity index (χ2n) is 9.36. The minimum Gasteiger partial charge on any atom is -0.481 e. The maximum absolute atomic E-state index is 12.7. The van der Waals surface area contributed by atoms with E-state index in [9.17, 15) is 28.2 Å². The van der Waals surface area contributed by atoms with Gasteiger partial charge in [0.15, 0.2) is 0 Å². The Morgan fingerprint density at radius 3 is 1.41 bits per heavy atom. The lowest BCUT2D eigenvalue weighted by molar-refractivity contribution is -0.148. The van der Waals surface area contributed by atoms with Gasteiger partial charge in [0.1, 0.15) is 0 Å². The van der Waals surface area contributed by atoms with E-state index in [1.54, 1.807) is 52.0 Å². The van der Waals surface area contributed by atoms with Crippen LogP contribution in [0.25, 0.3) is 0 Å². The van der Waals surface area contributed by atoms with Gasteiger partial charge in [-0.15, -0.1) is 0 Å². The molecule has 176 valence electrons. The van der Waals surface area contributed by atoms with Crippen molar-refractivity contribution >= 4 is 33.5 Å². The Bertz CT molecular complexity index is 898. The standard InChI is InChI=1S/C24H32O6S2/c1-23(2,21(25)26)15-5-7-17-9-11-19(31(17)29)13-14-20-12-10-18(32(20)30)8-6-16-24(3,4)22(27)28/h9-14H,5-8,15-16H2,1-4H3,(H,25,26)(H,27,28)/b14-13-. The summed E-state index contributed by atoms with van der Waals surface area (Å²) in [6.45, 7) is 6.75. The van der Waals surface area contributed by atoms with Gasteiger partial charge in [-0.25, -0.2) is 8.42 Å². The number of carbonyl (C=O) groups is 2. The zero-order chi connectivity index (χ0) is 24.1. The smallest absolute Gasteiger partial charge is 0.309 e. The van der Waals surface area contributed by atoms with E-state index in [0.717, 1.165) is 9.81 Å². The fourth-order valence-electron chi connectivity index (χ4n) is 3.27. The highest BCUT2D eigenvalue weighted by atomic mass is 32.2. The van der Waals surface area contributed by atoms with Crippen LogP contribution < -0.4 is 0 Å². The molecule has 2 atom stereocenters. The van der Waals surface area contributed by atoms with Gasteiger partial charge in [0.05, 0.1) is 32.4 Å². The maximum Gasteiger partial charge on any atom is 0.309 e. The number of aliphatic carboxylic acids is 2. The van der Waals surface area contributed by atoms with Gasteiger partial charge in [0, 0.05) is 19.6 Å². The summed E-state index contributed by atoms with van der Waals surface area (Å²) in [6, 6.07) is 0. The lowest BCUT2D eigenvalue weighted by atomic mass is 9.87. The molecule has 0 fully saturated rings. The molecule has 0 saturated heterocycles. The molecule has 0 aliphatic carbocycles. The zero-order valence-electron chi connectivity index (χ0n) is 19.1. The van der Waals surface area contributed by atoms with Crippen molar-refractivity contribution < 1.29 is 28.2 Å². The number of hydrogen-bond acceptors (Lipinski definition) is 4. The average Bonchev–Trinajstić information content (AvgIpc) is 3.22. The molecule has 32 heavy (non-hydrogen) atoms. The lowest BCUT2D eigenvalue weighted by Gasteiger charge is -2.18. The van der Waals surface area contributed by atoms with Crippen molar-refractivity contribution in [1.82, 2.24) is 0 Å². The lowest BCUT2D eigenvalue weighted by Crippen LogP contribution is -2.23. The van der Waals surface area contributed by atoms with E-state index in [2.05, 4.69) is 0 Å². The summed E-state index contributed by atoms with van der Waals surface area (Å²) in [5.74, 6) is -1.67. The minimum atomic E-state index is -1.29. The van der Waals surface area contributed by atoms with Crippen molar-refractivity contribution in [1.29, 1.82) is 0 Å². The highest BCUT2D eigenvalue weighted by molar-refractivity contribution is 7.93. The second-order valence-corrected chi connectivity index (χ2v) is 12.4. The highest BCUT2D eigenvalue weighted by Crippen LogP contribution is 2.32. The molecule has 0 aromatic rings. The Labute approximate surface area is 194 Å². The van der Waals surface area contributed by atoms with Crippen molar-refractivity contribution in [2.75, 3.05) is 0 Å². The van der Waals surface area contributed by atoms with Crippen LogP contribution in [0.4, 0.5) is 0 Å². The Balaban J connectivity index is 1.81. The number of rotatable bonds is 12. The third-order valence-electron chi connectivity index (χ3n) is 5.79. The Kier molecular flexibility index (Phi) is 8.76. The van der Waals surface area contributed by atoms with Gasteiger partial charge in [0.2, 0.25) is 0 Å². The van der Waals surface area contributed by atoms with Crippen LogP contribution in [0.3, 0.4) is 0 Å². The first kappa shape index (κ1) is 26.2. The van der Waals surface area contributed by atoms with Gasteiger partial charge in [0.25, 0.3) is 0 Å². The van der Waals surface area contributed by atoms with Crippen LogP contribution in [0.5, 0.6) is 0 Å². The fraction of sp³-hybridized carbons (Fsp3) is 0.500. The Hall–Kier alpha value is -2.06. The summed E-state index contributed by atoms with van der Waals surface area (Å²) in [6.07, 6.45) is 14.1. The molecule has 0 aromatic carbocycles. The van der Waals surface area contributed by atoms with E-state index in [1.165, 1.54) is 0 Å². The third kappa shape index (κ3) is 6.72. The van der Waals surface area contributed by atoms with Crippen LogP contribution in [-0.2, 0) is 31.2 Å². The molecule has 2 N–H and O–H groups in total. The largest absolute Gasteiger partial charge is 0.481 e. The van der Waals surface area contributed by atoms with Crippen LogP contribution in [0.15, 0.2) is 56.1 Å². The van der Waals surface area contributed by atoms with Crippen LogP contribution in [0.2, 0.25) is 0 Å². The molecule has 0 radical (unpaired) electrons. The summed E-state index contributed by atoms with van der Waals surface area (Å²) < 4.78 is 25.4. The number of carboxylic acids is 2. The fourth-order valence-corrected chi connectivity index (χ4v) is 5.69. The molecule has 2 unspecified atom stereocenters. The van der Waals surface area contributed by atoms with Gasteiger partial charge in [-0.05, 0) is 103 Å². The minimum absolute atomic E-state index is 0.506. The summed E-state index contributed by atoms with van der Waals surface area (Å²) >= 11 is 0. The second kappa shape index (κ2) is 10.7. The quantitative estimate of drug-likeness (QED) is 0.399. The molecule has 0 amide bonds. The predicted molar refractivity (Wildman–Crippen MR) is 128 cm³/mol. The number of carboxylic acid groups (broad SMARTS) is 2. The van der Waals surface area contributed by atoms with Gasteiger partial charge in [-0.3, -0.25) is 9.59 Å². The van der Waals surface area contributed by atoms with E-state index in [4.69, 9.17) is 0 Å². The Morgan fingerprint density at radius 2 is 1.09 bits per heavy atom.